The molecule has 0 aliphatic heterocycles. The number of carbonyl (C=O) groups is 3. The summed E-state index contributed by atoms with van der Waals surface area (Å²) in [6.45, 7) is 8.04. The number of ether oxygens (including phenoxy) is 1. The lowest BCUT2D eigenvalue weighted by Crippen LogP contribution is -2.23. The molecule has 0 saturated heterocycles. The van der Waals surface area contributed by atoms with Crippen LogP contribution in [0.15, 0.2) is 47.6 Å². The second kappa shape index (κ2) is 9.78. The molecule has 1 amide bonds. The molecule has 8 heteroatoms. The molecule has 31 heavy (non-hydrogen) atoms. The highest BCUT2D eigenvalue weighted by Crippen LogP contribution is 2.28. The molecule has 0 spiro atoms. The number of aryl methyl sites for hydroxylation is 1. The van der Waals surface area contributed by atoms with Crippen molar-refractivity contribution < 1.29 is 19.1 Å². The van der Waals surface area contributed by atoms with Crippen LogP contribution in [0, 0.1) is 0 Å². The van der Waals surface area contributed by atoms with Gasteiger partial charge in [-0.15, -0.1) is 0 Å². The van der Waals surface area contributed by atoms with Crippen LogP contribution in [0.25, 0.3) is 11.0 Å². The summed E-state index contributed by atoms with van der Waals surface area (Å²) >= 11 is 1.34. The number of esters is 1. The van der Waals surface area contributed by atoms with Crippen molar-refractivity contribution in [3.05, 3.63) is 53.6 Å². The number of amides is 1. The number of thioether (sulfide) groups is 1. The molecule has 1 N–H and O–H groups in total. The number of aromatic nitrogens is 2. The van der Waals surface area contributed by atoms with Gasteiger partial charge in [0.25, 0.3) is 0 Å². The number of nitrogens with one attached hydrogen (secondary N) is 1. The molecule has 162 valence electrons. The van der Waals surface area contributed by atoms with Crippen LogP contribution in [0.3, 0.4) is 0 Å². The van der Waals surface area contributed by atoms with E-state index < -0.39 is 5.25 Å². The molecule has 3 aromatic rings. The SMILES string of the molecule is CCOC(=O)c1ccc2c(c1)nc(S[C@@H](C)C(=O)Nc1cccc(C(C)=O)c1)n2CC. The maximum Gasteiger partial charge on any atom is 0.338 e. The van der Waals surface area contributed by atoms with E-state index in [4.69, 9.17) is 4.74 Å². The summed E-state index contributed by atoms with van der Waals surface area (Å²) in [6.07, 6.45) is 0. The van der Waals surface area contributed by atoms with E-state index in [-0.39, 0.29) is 17.7 Å². The summed E-state index contributed by atoms with van der Waals surface area (Å²) in [5.41, 5.74) is 3.13. The third-order valence-electron chi connectivity index (χ3n) is 4.73. The normalized spacial score (nSPS) is 11.9. The van der Waals surface area contributed by atoms with Gasteiger partial charge in [0.15, 0.2) is 10.9 Å². The van der Waals surface area contributed by atoms with E-state index in [1.807, 2.05) is 17.6 Å². The monoisotopic (exact) mass is 439 g/mol. The first kappa shape index (κ1) is 22.6. The van der Waals surface area contributed by atoms with Gasteiger partial charge >= 0.3 is 5.97 Å². The van der Waals surface area contributed by atoms with Crippen LogP contribution < -0.4 is 5.32 Å². The largest absolute Gasteiger partial charge is 0.462 e. The molecular weight excluding hydrogens is 414 g/mol. The van der Waals surface area contributed by atoms with E-state index in [1.54, 1.807) is 50.2 Å². The predicted octanol–water partition coefficient (Wildman–Crippen LogP) is 4.55. The number of imidazole rings is 1. The number of anilines is 1. The Balaban J connectivity index is 1.79. The van der Waals surface area contributed by atoms with Gasteiger partial charge in [0.05, 0.1) is 28.5 Å². The number of hydrogen-bond acceptors (Lipinski definition) is 6. The van der Waals surface area contributed by atoms with Gasteiger partial charge in [0.2, 0.25) is 5.91 Å². The van der Waals surface area contributed by atoms with E-state index in [1.165, 1.54) is 18.7 Å². The average molecular weight is 440 g/mol. The van der Waals surface area contributed by atoms with Gasteiger partial charge in [-0.25, -0.2) is 9.78 Å². The van der Waals surface area contributed by atoms with Crippen LogP contribution in [0.5, 0.6) is 0 Å². The minimum Gasteiger partial charge on any atom is -0.462 e. The Hall–Kier alpha value is -3.13. The zero-order valence-electron chi connectivity index (χ0n) is 18.0. The van der Waals surface area contributed by atoms with E-state index >= 15 is 0 Å². The third-order valence-corrected chi connectivity index (χ3v) is 5.82. The summed E-state index contributed by atoms with van der Waals surface area (Å²) < 4.78 is 7.07. The Morgan fingerprint density at radius 1 is 1.13 bits per heavy atom. The van der Waals surface area contributed by atoms with Gasteiger partial charge < -0.3 is 14.6 Å². The number of benzene rings is 2. The minimum absolute atomic E-state index is 0.0580. The van der Waals surface area contributed by atoms with E-state index in [2.05, 4.69) is 10.3 Å². The number of fused-ring (bicyclic) bond motifs is 1. The number of rotatable bonds is 8. The lowest BCUT2D eigenvalue weighted by Gasteiger charge is -2.13. The molecule has 0 unspecified atom stereocenters. The van der Waals surface area contributed by atoms with Crippen molar-refractivity contribution in [2.45, 2.75) is 44.6 Å². The Bertz CT molecular complexity index is 1140. The molecule has 0 aliphatic carbocycles. The zero-order chi connectivity index (χ0) is 22.5. The first-order chi connectivity index (χ1) is 14.8. The van der Waals surface area contributed by atoms with Crippen molar-refractivity contribution in [1.29, 1.82) is 0 Å². The molecular formula is C23H25N3O4S. The van der Waals surface area contributed by atoms with E-state index in [9.17, 15) is 14.4 Å². The van der Waals surface area contributed by atoms with Crippen molar-refractivity contribution in [2.24, 2.45) is 0 Å². The van der Waals surface area contributed by atoms with Crippen molar-refractivity contribution >= 4 is 46.1 Å². The fourth-order valence-corrected chi connectivity index (χ4v) is 4.10. The van der Waals surface area contributed by atoms with Crippen LogP contribution in [0.2, 0.25) is 0 Å². The van der Waals surface area contributed by atoms with Crippen LogP contribution >= 0.6 is 11.8 Å². The average Bonchev–Trinajstić information content (AvgIpc) is 3.09. The van der Waals surface area contributed by atoms with Gasteiger partial charge in [-0.1, -0.05) is 23.9 Å². The number of ketones is 1. The second-order valence-electron chi connectivity index (χ2n) is 6.95. The third kappa shape index (κ3) is 5.14. The maximum absolute atomic E-state index is 12.7. The number of nitrogens with zero attached hydrogens (tertiary/aromatic N) is 2. The van der Waals surface area contributed by atoms with E-state index in [0.29, 0.717) is 40.6 Å². The quantitative estimate of drug-likeness (QED) is 0.314. The first-order valence-electron chi connectivity index (χ1n) is 10.1. The molecule has 0 bridgehead atoms. The highest BCUT2D eigenvalue weighted by molar-refractivity contribution is 8.00. The lowest BCUT2D eigenvalue weighted by molar-refractivity contribution is -0.115. The number of hydrogen-bond donors (Lipinski definition) is 1. The topological polar surface area (TPSA) is 90.3 Å². The summed E-state index contributed by atoms with van der Waals surface area (Å²) in [4.78, 5) is 40.9. The smallest absolute Gasteiger partial charge is 0.338 e. The Kier molecular flexibility index (Phi) is 7.12. The molecule has 0 aliphatic rings. The van der Waals surface area contributed by atoms with Gasteiger partial charge in [0.1, 0.15) is 0 Å². The Morgan fingerprint density at radius 2 is 1.90 bits per heavy atom. The summed E-state index contributed by atoms with van der Waals surface area (Å²) in [6, 6.07) is 12.1. The number of Topliss-reactive ketones (excluding diaryl/α,β-unsaturated/α-hetero) is 1. The zero-order valence-corrected chi connectivity index (χ0v) is 18.8. The molecule has 3 rings (SSSR count). The maximum atomic E-state index is 12.7. The first-order valence-corrected chi connectivity index (χ1v) is 11.0. The summed E-state index contributed by atoms with van der Waals surface area (Å²) in [5.74, 6) is -0.629. The molecule has 1 atom stereocenters. The number of carbonyl (C=O) groups excluding carboxylic acids is 3. The molecule has 0 saturated carbocycles. The highest BCUT2D eigenvalue weighted by Gasteiger charge is 2.20. The summed E-state index contributed by atoms with van der Waals surface area (Å²) in [7, 11) is 0. The van der Waals surface area contributed by atoms with Crippen LogP contribution in [0.1, 0.15) is 48.4 Å². The Labute approximate surface area is 185 Å². The minimum atomic E-state index is -0.423. The second-order valence-corrected chi connectivity index (χ2v) is 8.26. The van der Waals surface area contributed by atoms with Gasteiger partial charge in [0, 0.05) is 17.8 Å². The van der Waals surface area contributed by atoms with Crippen molar-refractivity contribution in [2.75, 3.05) is 11.9 Å². The fourth-order valence-electron chi connectivity index (χ4n) is 3.12. The van der Waals surface area contributed by atoms with Crippen molar-refractivity contribution in [1.82, 2.24) is 9.55 Å². The molecule has 0 radical (unpaired) electrons. The standard InChI is InChI=1S/C23H25N3O4S/c1-5-26-20-11-10-17(22(29)30-6-2)13-19(20)25-23(26)31-15(4)21(28)24-18-9-7-8-16(12-18)14(3)27/h7-13,15H,5-6H2,1-4H3,(H,24,28)/t15-/m0/s1. The van der Waals surface area contributed by atoms with Gasteiger partial charge in [-0.2, -0.15) is 0 Å². The molecule has 1 aromatic heterocycles. The fraction of sp³-hybridized carbons (Fsp3) is 0.304. The van der Waals surface area contributed by atoms with E-state index in [0.717, 1.165) is 5.52 Å². The molecule has 7 nitrogen and oxygen atoms in total. The highest BCUT2D eigenvalue weighted by atomic mass is 32.2. The Morgan fingerprint density at radius 3 is 2.58 bits per heavy atom. The van der Waals surface area contributed by atoms with Gasteiger partial charge in [-0.3, -0.25) is 9.59 Å². The van der Waals surface area contributed by atoms with Crippen LogP contribution in [0.4, 0.5) is 5.69 Å². The van der Waals surface area contributed by atoms with Gasteiger partial charge in [-0.05, 0) is 58.0 Å². The predicted molar refractivity (Wildman–Crippen MR) is 122 cm³/mol. The summed E-state index contributed by atoms with van der Waals surface area (Å²) in [5, 5.41) is 3.13. The van der Waals surface area contributed by atoms with Crippen LogP contribution in [-0.2, 0) is 16.1 Å². The van der Waals surface area contributed by atoms with Crippen molar-refractivity contribution in [3.8, 4) is 0 Å². The van der Waals surface area contributed by atoms with Crippen LogP contribution in [-0.4, -0.2) is 39.1 Å². The molecule has 2 aromatic carbocycles. The molecule has 0 fully saturated rings. The lowest BCUT2D eigenvalue weighted by atomic mass is 10.1. The molecule has 1 heterocycles. The van der Waals surface area contributed by atoms with Crippen molar-refractivity contribution in [3.63, 3.8) is 0 Å².